The van der Waals surface area contributed by atoms with Crippen molar-refractivity contribution in [2.75, 3.05) is 0 Å². The average Bonchev–Trinajstić information content (AvgIpc) is 1.65. The van der Waals surface area contributed by atoms with Crippen LogP contribution in [0.2, 0.25) is 0 Å². The Morgan fingerprint density at radius 2 is 0.655 bits per heavy atom. The molecule has 0 amide bonds. The van der Waals surface area contributed by atoms with E-state index < -0.39 is 0 Å². The number of fused-ring (bicyclic) bond motifs is 9. The average molecular weight is 1560 g/mol. The smallest absolute Gasteiger partial charge is 0.114 e. The molecular formula is C108H140N2S3. The Labute approximate surface area is 697 Å². The monoisotopic (exact) mass is 1560 g/mol. The first-order valence-electron chi connectivity index (χ1n) is 45.3. The van der Waals surface area contributed by atoms with Crippen LogP contribution in [0.25, 0.3) is 97.3 Å². The summed E-state index contributed by atoms with van der Waals surface area (Å²) in [6, 6.07) is 64.9. The van der Waals surface area contributed by atoms with Crippen LogP contribution < -0.4 is 0 Å². The van der Waals surface area contributed by atoms with E-state index in [1.54, 1.807) is 22.3 Å². The lowest BCUT2D eigenvalue weighted by molar-refractivity contribution is 0.200. The third-order valence-corrected chi connectivity index (χ3v) is 33.2. The molecule has 2 aliphatic carbocycles. The normalized spacial score (nSPS) is 15.1. The van der Waals surface area contributed by atoms with Gasteiger partial charge in [-0.1, -0.05) is 400 Å². The van der Waals surface area contributed by atoms with E-state index in [9.17, 15) is 0 Å². The van der Waals surface area contributed by atoms with Crippen molar-refractivity contribution in [3.63, 3.8) is 0 Å². The molecule has 2 atom stereocenters. The Kier molecular flexibility index (Phi) is 26.4. The lowest BCUT2D eigenvalue weighted by Crippen LogP contribution is -2.43. The van der Waals surface area contributed by atoms with Gasteiger partial charge in [-0.15, -0.1) is 22.7 Å². The molecule has 113 heavy (non-hydrogen) atoms. The van der Waals surface area contributed by atoms with Gasteiger partial charge < -0.3 is 0 Å². The number of aromatic nitrogens is 2. The van der Waals surface area contributed by atoms with E-state index in [4.69, 9.17) is 8.75 Å². The molecule has 0 radical (unpaired) electrons. The molecule has 11 aromatic rings. The number of benzene rings is 8. The molecule has 13 rings (SSSR count). The highest BCUT2D eigenvalue weighted by Crippen LogP contribution is 2.62. The molecule has 0 spiro atoms. The standard InChI is InChI=1S/C108H140N2S3/c1-19-25-29-33-37-45-67-107(68-46-38-34-30-26-20-2)89-71-75(93-63-64-94(111-93)87-61-62-88(100-99(87)109-113-110-100)95-65-66-96(112-95)105(17,23-5)102(10,11)12)53-57-79(89)82-60-56-78(74-92(82)107)104(15,16)106(18,24-6)98-85-51-43-41-49-83(85)97(84-50-42-44-52-86(84)98)76-54-58-80-81-59-55-77(103(13,14)101(7,8)9)73-91(81)108(90(80)72-76,69-47-39-35-31-27-21-3)70-48-40-36-32-28-22-4/h41-44,49-66,71-74H,19-40,45-48,67-70H2,1-18H3. The molecule has 2 unspecified atom stereocenters. The molecular weight excluding hydrogens is 1420 g/mol. The van der Waals surface area contributed by atoms with Crippen LogP contribution in [0.1, 0.15) is 361 Å². The zero-order chi connectivity index (χ0) is 80.1. The fourth-order valence-electron chi connectivity index (χ4n) is 20.7. The van der Waals surface area contributed by atoms with Gasteiger partial charge in [-0.3, -0.25) is 0 Å². The number of rotatable bonds is 39. The van der Waals surface area contributed by atoms with Gasteiger partial charge in [-0.2, -0.15) is 8.75 Å². The minimum absolute atomic E-state index is 0.000815. The second-order valence-electron chi connectivity index (χ2n) is 38.7. The predicted molar refractivity (Wildman–Crippen MR) is 501 cm³/mol. The van der Waals surface area contributed by atoms with Crippen molar-refractivity contribution in [3.8, 4) is 64.7 Å². The maximum Gasteiger partial charge on any atom is 0.114 e. The fourth-order valence-corrected chi connectivity index (χ4v) is 23.8. The summed E-state index contributed by atoms with van der Waals surface area (Å²) in [7, 11) is 0. The maximum absolute atomic E-state index is 5.07. The number of thiophene rings is 2. The Hall–Kier alpha value is -6.50. The third kappa shape index (κ3) is 16.0. The fraction of sp³-hybridized carbons (Fsp3) is 0.519. The van der Waals surface area contributed by atoms with Gasteiger partial charge in [0, 0.05) is 52.3 Å². The van der Waals surface area contributed by atoms with E-state index in [2.05, 4.69) is 282 Å². The summed E-state index contributed by atoms with van der Waals surface area (Å²) in [4.78, 5) is 5.29. The molecule has 0 saturated carbocycles. The van der Waals surface area contributed by atoms with Gasteiger partial charge in [0.15, 0.2) is 0 Å². The summed E-state index contributed by atoms with van der Waals surface area (Å²) >= 11 is 5.21. The van der Waals surface area contributed by atoms with E-state index in [-0.39, 0.29) is 43.3 Å². The number of nitrogens with zero attached hydrogens (tertiary/aromatic N) is 2. The van der Waals surface area contributed by atoms with Crippen LogP contribution in [-0.4, -0.2) is 8.75 Å². The summed E-state index contributed by atoms with van der Waals surface area (Å²) < 4.78 is 10.1. The largest absolute Gasteiger partial charge is 0.172 e. The first-order chi connectivity index (χ1) is 54.3. The Bertz CT molecular complexity index is 4970. The van der Waals surface area contributed by atoms with Crippen LogP contribution in [0.3, 0.4) is 0 Å². The van der Waals surface area contributed by atoms with Crippen molar-refractivity contribution in [1.29, 1.82) is 0 Å². The van der Waals surface area contributed by atoms with Gasteiger partial charge in [0.25, 0.3) is 0 Å². The first-order valence-corrected chi connectivity index (χ1v) is 47.7. The molecule has 0 saturated heterocycles. The highest BCUT2D eigenvalue weighted by Gasteiger charge is 2.50. The second-order valence-corrected chi connectivity index (χ2v) is 41.4. The summed E-state index contributed by atoms with van der Waals surface area (Å²) in [6.45, 7) is 44.1. The van der Waals surface area contributed by atoms with E-state index in [0.717, 1.165) is 23.9 Å². The van der Waals surface area contributed by atoms with Crippen molar-refractivity contribution in [3.05, 3.63) is 202 Å². The molecule has 600 valence electrons. The quantitative estimate of drug-likeness (QED) is 0.0283. The van der Waals surface area contributed by atoms with Crippen molar-refractivity contribution in [1.82, 2.24) is 8.75 Å². The third-order valence-electron chi connectivity index (χ3n) is 30.1. The van der Waals surface area contributed by atoms with Gasteiger partial charge in [0.05, 0.1) is 11.7 Å². The lowest BCUT2D eigenvalue weighted by atomic mass is 9.56. The van der Waals surface area contributed by atoms with Gasteiger partial charge in [0.1, 0.15) is 11.0 Å². The predicted octanol–water partition coefficient (Wildman–Crippen LogP) is 35.0. The lowest BCUT2D eigenvalue weighted by Gasteiger charge is -2.47. The van der Waals surface area contributed by atoms with Gasteiger partial charge >= 0.3 is 0 Å². The van der Waals surface area contributed by atoms with Crippen molar-refractivity contribution in [2.24, 2.45) is 10.8 Å². The van der Waals surface area contributed by atoms with E-state index >= 15 is 0 Å². The summed E-state index contributed by atoms with van der Waals surface area (Å²) in [6.07, 6.45) is 38.0. The molecule has 0 fully saturated rings. The summed E-state index contributed by atoms with van der Waals surface area (Å²) in [5.41, 5.74) is 24.7. The minimum Gasteiger partial charge on any atom is -0.172 e. The second kappa shape index (κ2) is 35.4. The highest BCUT2D eigenvalue weighted by atomic mass is 32.1. The molecule has 0 bridgehead atoms. The Balaban J connectivity index is 0.910. The van der Waals surface area contributed by atoms with Crippen LogP contribution in [0.15, 0.2) is 158 Å². The molecule has 3 heterocycles. The van der Waals surface area contributed by atoms with Crippen LogP contribution in [-0.2, 0) is 32.5 Å². The van der Waals surface area contributed by atoms with Crippen LogP contribution in [0, 0.1) is 10.8 Å². The molecule has 0 aliphatic heterocycles. The molecule has 0 N–H and O–H groups in total. The van der Waals surface area contributed by atoms with E-state index in [0.29, 0.717) is 0 Å². The van der Waals surface area contributed by atoms with Crippen molar-refractivity contribution >= 4 is 67.0 Å². The number of hydrogen-bond acceptors (Lipinski definition) is 5. The van der Waals surface area contributed by atoms with Gasteiger partial charge in [-0.25, -0.2) is 0 Å². The van der Waals surface area contributed by atoms with Crippen molar-refractivity contribution in [2.45, 2.75) is 350 Å². The van der Waals surface area contributed by atoms with Crippen LogP contribution >= 0.6 is 34.4 Å². The van der Waals surface area contributed by atoms with Crippen molar-refractivity contribution < 1.29 is 0 Å². The zero-order valence-corrected chi connectivity index (χ0v) is 75.8. The minimum atomic E-state index is -0.290. The molecule has 2 aliphatic rings. The first kappa shape index (κ1) is 84.4. The number of hydrogen-bond donors (Lipinski definition) is 0. The topological polar surface area (TPSA) is 25.8 Å². The molecule has 3 aromatic heterocycles. The number of unbranched alkanes of at least 4 members (excludes halogenated alkanes) is 20. The Morgan fingerprint density at radius 1 is 0.301 bits per heavy atom. The summed E-state index contributed by atoms with van der Waals surface area (Å²) in [5.74, 6) is 0. The summed E-state index contributed by atoms with van der Waals surface area (Å²) in [5, 5.41) is 5.54. The Morgan fingerprint density at radius 3 is 1.08 bits per heavy atom. The van der Waals surface area contributed by atoms with E-state index in [1.807, 2.05) is 22.7 Å². The molecule has 8 aromatic carbocycles. The van der Waals surface area contributed by atoms with Gasteiger partial charge in [0.2, 0.25) is 0 Å². The maximum atomic E-state index is 5.07. The van der Waals surface area contributed by atoms with Gasteiger partial charge in [-0.05, 0) is 196 Å². The molecule has 5 heteroatoms. The molecule has 2 nitrogen and oxygen atoms in total. The highest BCUT2D eigenvalue weighted by molar-refractivity contribution is 7.19. The van der Waals surface area contributed by atoms with Crippen LogP contribution in [0.4, 0.5) is 0 Å². The van der Waals surface area contributed by atoms with E-state index in [1.165, 1.54) is 299 Å². The SMILES string of the molecule is CCCCCCCCC1(CCCCCCCC)c2cc(-c3c4ccccc4c(C(C)(CC)C(C)(C)c4ccc5c(c4)C(CCCCCCCC)(CCCCCCCC)c4cc(-c6ccc(-c7ccc(-c8ccc(C(C)(CC)C(C)(C)C)s8)c8nsnc78)s6)ccc4-5)c4ccccc34)ccc2-c2ccc(C(C)(C)C(C)(C)C)cc21. The van der Waals surface area contributed by atoms with Crippen LogP contribution in [0.5, 0.6) is 0 Å². The zero-order valence-electron chi connectivity index (χ0n) is 73.3.